The summed E-state index contributed by atoms with van der Waals surface area (Å²) < 4.78 is 1.92. The number of nitrogens with zero attached hydrogens (tertiary/aromatic N) is 2. The highest BCUT2D eigenvalue weighted by Gasteiger charge is 2.17. The number of carbonyl (C=O) groups excluding carboxylic acids is 1. The van der Waals surface area contributed by atoms with Crippen LogP contribution < -0.4 is 5.73 Å². The monoisotopic (exact) mass is 223 g/mol. The van der Waals surface area contributed by atoms with Crippen molar-refractivity contribution < 1.29 is 4.79 Å². The fraction of sp³-hybridized carbons (Fsp3) is 0.583. The lowest BCUT2D eigenvalue weighted by molar-refractivity contribution is 0.0783. The molecule has 0 bridgehead atoms. The number of nitrogen functional groups attached to an aromatic ring is 1. The molecule has 0 aliphatic heterocycles. The molecule has 4 nitrogen and oxygen atoms in total. The van der Waals surface area contributed by atoms with Gasteiger partial charge in [-0.2, -0.15) is 0 Å². The van der Waals surface area contributed by atoms with Gasteiger partial charge in [-0.3, -0.25) is 4.79 Å². The lowest BCUT2D eigenvalue weighted by Crippen LogP contribution is -2.29. The Balaban J connectivity index is 2.98. The van der Waals surface area contributed by atoms with Gasteiger partial charge >= 0.3 is 0 Å². The van der Waals surface area contributed by atoms with Gasteiger partial charge in [0.2, 0.25) is 0 Å². The minimum Gasteiger partial charge on any atom is -0.397 e. The third-order valence-corrected chi connectivity index (χ3v) is 2.55. The number of carbonyl (C=O) groups is 1. The molecule has 2 N–H and O–H groups in total. The van der Waals surface area contributed by atoms with E-state index in [0.29, 0.717) is 11.4 Å². The van der Waals surface area contributed by atoms with Crippen molar-refractivity contribution in [2.24, 2.45) is 0 Å². The molecule has 0 aliphatic rings. The molecule has 1 heterocycles. The van der Waals surface area contributed by atoms with Gasteiger partial charge in [-0.25, -0.2) is 0 Å². The van der Waals surface area contributed by atoms with Crippen LogP contribution in [0.25, 0.3) is 0 Å². The van der Waals surface area contributed by atoms with Gasteiger partial charge in [0.25, 0.3) is 5.91 Å². The molecule has 0 spiro atoms. The summed E-state index contributed by atoms with van der Waals surface area (Å²) in [7, 11) is 1.82. The maximum atomic E-state index is 12.1. The van der Waals surface area contributed by atoms with Gasteiger partial charge in [0.15, 0.2) is 0 Å². The van der Waals surface area contributed by atoms with Crippen molar-refractivity contribution >= 4 is 11.6 Å². The Bertz CT molecular complexity index is 368. The number of rotatable bonds is 4. The molecule has 0 unspecified atom stereocenters. The van der Waals surface area contributed by atoms with Crippen LogP contribution in [-0.4, -0.2) is 29.0 Å². The van der Waals surface area contributed by atoms with Gasteiger partial charge < -0.3 is 15.2 Å². The summed E-state index contributed by atoms with van der Waals surface area (Å²) in [5.74, 6) is 0.0345. The van der Waals surface area contributed by atoms with E-state index in [4.69, 9.17) is 5.73 Å². The van der Waals surface area contributed by atoms with Crippen LogP contribution in [0.3, 0.4) is 0 Å². The Morgan fingerprint density at radius 1 is 1.56 bits per heavy atom. The Hall–Kier alpha value is -1.45. The third kappa shape index (κ3) is 2.56. The van der Waals surface area contributed by atoms with E-state index in [1.807, 2.05) is 31.7 Å². The molecule has 1 rings (SSSR count). The van der Waals surface area contributed by atoms with Gasteiger partial charge in [-0.1, -0.05) is 6.92 Å². The number of hydrogen-bond acceptors (Lipinski definition) is 2. The number of nitrogens with two attached hydrogens (primary N) is 1. The van der Waals surface area contributed by atoms with Gasteiger partial charge in [0, 0.05) is 25.8 Å². The Morgan fingerprint density at radius 2 is 2.19 bits per heavy atom. The molecule has 1 aromatic rings. The molecule has 0 atom stereocenters. The summed E-state index contributed by atoms with van der Waals surface area (Å²) in [5, 5.41) is 0. The van der Waals surface area contributed by atoms with Crippen LogP contribution >= 0.6 is 0 Å². The smallest absolute Gasteiger partial charge is 0.270 e. The zero-order valence-electron chi connectivity index (χ0n) is 10.5. The average Bonchev–Trinajstić information content (AvgIpc) is 2.59. The first-order chi connectivity index (χ1) is 7.47. The first-order valence-corrected chi connectivity index (χ1v) is 5.70. The van der Waals surface area contributed by atoms with E-state index >= 15 is 0 Å². The van der Waals surface area contributed by atoms with Crippen LogP contribution in [0.1, 0.15) is 43.7 Å². The summed E-state index contributed by atoms with van der Waals surface area (Å²) in [4.78, 5) is 13.9. The maximum absolute atomic E-state index is 12.1. The largest absolute Gasteiger partial charge is 0.397 e. The van der Waals surface area contributed by atoms with Crippen LogP contribution in [0.2, 0.25) is 0 Å². The molecule has 4 heteroatoms. The SMILES string of the molecule is CCCN(C)C(=O)c1cc(N)cn1C(C)C. The standard InChI is InChI=1S/C12H21N3O/c1-5-6-14(4)12(16)11-7-10(13)8-15(11)9(2)3/h7-9H,5-6,13H2,1-4H3. The van der Waals surface area contributed by atoms with E-state index in [9.17, 15) is 4.79 Å². The Kier molecular flexibility index (Phi) is 3.99. The molecule has 0 fully saturated rings. The molecular formula is C12H21N3O. The highest BCUT2D eigenvalue weighted by molar-refractivity contribution is 5.93. The van der Waals surface area contributed by atoms with E-state index in [1.165, 1.54) is 0 Å². The van der Waals surface area contributed by atoms with Gasteiger partial charge in [0.1, 0.15) is 5.69 Å². The van der Waals surface area contributed by atoms with Crippen molar-refractivity contribution in [2.75, 3.05) is 19.3 Å². The molecule has 1 amide bonds. The average molecular weight is 223 g/mol. The van der Waals surface area contributed by atoms with Crippen molar-refractivity contribution in [3.8, 4) is 0 Å². The summed E-state index contributed by atoms with van der Waals surface area (Å²) in [6, 6.07) is 1.99. The van der Waals surface area contributed by atoms with Crippen molar-refractivity contribution in [3.05, 3.63) is 18.0 Å². The highest BCUT2D eigenvalue weighted by atomic mass is 16.2. The minimum atomic E-state index is 0.0345. The number of anilines is 1. The normalized spacial score (nSPS) is 10.8. The predicted octanol–water partition coefficient (Wildman–Crippen LogP) is 2.13. The molecule has 0 saturated carbocycles. The van der Waals surface area contributed by atoms with E-state index in [1.54, 1.807) is 11.0 Å². The second-order valence-electron chi connectivity index (χ2n) is 4.39. The van der Waals surface area contributed by atoms with E-state index in [0.717, 1.165) is 13.0 Å². The molecular weight excluding hydrogens is 202 g/mol. The van der Waals surface area contributed by atoms with Gasteiger partial charge in [-0.15, -0.1) is 0 Å². The van der Waals surface area contributed by atoms with E-state index < -0.39 is 0 Å². The van der Waals surface area contributed by atoms with E-state index in [2.05, 4.69) is 6.92 Å². The second kappa shape index (κ2) is 5.05. The van der Waals surface area contributed by atoms with E-state index in [-0.39, 0.29) is 11.9 Å². The van der Waals surface area contributed by atoms with Crippen LogP contribution in [0.4, 0.5) is 5.69 Å². The molecule has 0 radical (unpaired) electrons. The molecule has 0 aliphatic carbocycles. The molecule has 0 saturated heterocycles. The van der Waals surface area contributed by atoms with Crippen LogP contribution in [-0.2, 0) is 0 Å². The van der Waals surface area contributed by atoms with Crippen LogP contribution in [0.5, 0.6) is 0 Å². The highest BCUT2D eigenvalue weighted by Crippen LogP contribution is 2.17. The minimum absolute atomic E-state index is 0.0345. The summed E-state index contributed by atoms with van der Waals surface area (Å²) in [6.07, 6.45) is 2.78. The van der Waals surface area contributed by atoms with Crippen molar-refractivity contribution in [1.29, 1.82) is 0 Å². The summed E-state index contributed by atoms with van der Waals surface area (Å²) >= 11 is 0. The van der Waals surface area contributed by atoms with Gasteiger partial charge in [-0.05, 0) is 26.3 Å². The van der Waals surface area contributed by atoms with Crippen molar-refractivity contribution in [2.45, 2.75) is 33.2 Å². The quantitative estimate of drug-likeness (QED) is 0.850. The number of aromatic nitrogens is 1. The van der Waals surface area contributed by atoms with Crippen LogP contribution in [0, 0.1) is 0 Å². The fourth-order valence-corrected chi connectivity index (χ4v) is 1.73. The first-order valence-electron chi connectivity index (χ1n) is 5.70. The molecule has 0 aromatic carbocycles. The maximum Gasteiger partial charge on any atom is 0.270 e. The first kappa shape index (κ1) is 12.6. The molecule has 90 valence electrons. The number of amides is 1. The second-order valence-corrected chi connectivity index (χ2v) is 4.39. The van der Waals surface area contributed by atoms with Gasteiger partial charge in [0.05, 0.1) is 5.69 Å². The topological polar surface area (TPSA) is 51.3 Å². The Labute approximate surface area is 97.0 Å². The lowest BCUT2D eigenvalue weighted by atomic mass is 10.3. The zero-order chi connectivity index (χ0) is 12.3. The lowest BCUT2D eigenvalue weighted by Gasteiger charge is -2.18. The van der Waals surface area contributed by atoms with Crippen LogP contribution in [0.15, 0.2) is 12.3 Å². The summed E-state index contributed by atoms with van der Waals surface area (Å²) in [6.45, 7) is 6.90. The van der Waals surface area contributed by atoms with Crippen molar-refractivity contribution in [3.63, 3.8) is 0 Å². The molecule has 16 heavy (non-hydrogen) atoms. The summed E-state index contributed by atoms with van der Waals surface area (Å²) in [5.41, 5.74) is 7.05. The predicted molar refractivity (Wildman–Crippen MR) is 66.5 cm³/mol. The molecule has 1 aromatic heterocycles. The number of hydrogen-bond donors (Lipinski definition) is 1. The zero-order valence-corrected chi connectivity index (χ0v) is 10.5. The third-order valence-electron chi connectivity index (χ3n) is 2.55. The Morgan fingerprint density at radius 3 is 2.69 bits per heavy atom. The van der Waals surface area contributed by atoms with Crippen molar-refractivity contribution in [1.82, 2.24) is 9.47 Å². The fourth-order valence-electron chi connectivity index (χ4n) is 1.73.